The Bertz CT molecular complexity index is 426. The van der Waals surface area contributed by atoms with Crippen LogP contribution in [0.15, 0.2) is 6.20 Å². The minimum Gasteiger partial charge on any atom is -0.469 e. The van der Waals surface area contributed by atoms with E-state index in [9.17, 15) is 18.0 Å². The number of pyridine rings is 1. The molecule has 0 aliphatic carbocycles. The van der Waals surface area contributed by atoms with E-state index in [2.05, 4.69) is 25.7 Å². The van der Waals surface area contributed by atoms with E-state index in [0.29, 0.717) is 0 Å². The predicted octanol–water partition coefficient (Wildman–Crippen LogP) is 2.77. The van der Waals surface area contributed by atoms with Crippen molar-refractivity contribution in [2.75, 3.05) is 7.11 Å². The number of nitrogens with zero attached hydrogens (tertiary/aromatic N) is 1. The first kappa shape index (κ1) is 14.0. The van der Waals surface area contributed by atoms with Crippen LogP contribution in [0.4, 0.5) is 13.2 Å². The molecule has 7 heteroatoms. The normalized spacial score (nSPS) is 10.7. The van der Waals surface area contributed by atoms with Crippen LogP contribution < -0.4 is 0 Å². The van der Waals surface area contributed by atoms with Crippen molar-refractivity contribution in [3.63, 3.8) is 0 Å². The van der Waals surface area contributed by atoms with Crippen LogP contribution in [0.3, 0.4) is 0 Å². The third-order valence-electron chi connectivity index (χ3n) is 2.11. The fourth-order valence-corrected chi connectivity index (χ4v) is 1.70. The Labute approximate surface area is 104 Å². The number of hydrogen-bond donors (Lipinski definition) is 0. The lowest BCUT2D eigenvalue weighted by Gasteiger charge is -2.10. The van der Waals surface area contributed by atoms with Gasteiger partial charge in [-0.2, -0.15) is 0 Å². The lowest BCUT2D eigenvalue weighted by atomic mass is 10.1. The van der Waals surface area contributed by atoms with Gasteiger partial charge in [0.1, 0.15) is 0 Å². The van der Waals surface area contributed by atoms with Crippen LogP contribution in [0.25, 0.3) is 0 Å². The van der Waals surface area contributed by atoms with Crippen molar-refractivity contribution in [1.82, 2.24) is 4.98 Å². The van der Waals surface area contributed by atoms with E-state index in [0.717, 1.165) is 13.3 Å². The second-order valence-corrected chi connectivity index (χ2v) is 3.71. The van der Waals surface area contributed by atoms with Gasteiger partial charge in [-0.1, -0.05) is 15.9 Å². The van der Waals surface area contributed by atoms with Crippen molar-refractivity contribution in [2.45, 2.75) is 18.2 Å². The molecule has 0 atom stereocenters. The van der Waals surface area contributed by atoms with E-state index in [1.54, 1.807) is 0 Å². The van der Waals surface area contributed by atoms with Gasteiger partial charge in [-0.25, -0.2) is 13.2 Å². The van der Waals surface area contributed by atoms with Crippen molar-refractivity contribution in [2.24, 2.45) is 0 Å². The largest absolute Gasteiger partial charge is 0.469 e. The van der Waals surface area contributed by atoms with E-state index in [-0.39, 0.29) is 16.6 Å². The van der Waals surface area contributed by atoms with Crippen LogP contribution in [0.5, 0.6) is 0 Å². The van der Waals surface area contributed by atoms with Crippen molar-refractivity contribution >= 4 is 21.9 Å². The Kier molecular flexibility index (Phi) is 4.92. The molecule has 0 bridgehead atoms. The highest BCUT2D eigenvalue weighted by atomic mass is 79.9. The Balaban J connectivity index is 3.18. The van der Waals surface area contributed by atoms with E-state index >= 15 is 0 Å². The predicted molar refractivity (Wildman–Crippen MR) is 57.5 cm³/mol. The molecule has 0 amide bonds. The van der Waals surface area contributed by atoms with Crippen LogP contribution >= 0.6 is 15.9 Å². The van der Waals surface area contributed by atoms with Crippen LogP contribution in [0.1, 0.15) is 23.2 Å². The van der Waals surface area contributed by atoms with Crippen molar-refractivity contribution in [3.8, 4) is 0 Å². The van der Waals surface area contributed by atoms with Gasteiger partial charge in [0.05, 0.1) is 24.8 Å². The molecule has 0 unspecified atom stereocenters. The number of alkyl halides is 3. The Hall–Kier alpha value is -1.11. The molecule has 0 aliphatic heterocycles. The van der Waals surface area contributed by atoms with Gasteiger partial charge in [0.25, 0.3) is 6.43 Å². The summed E-state index contributed by atoms with van der Waals surface area (Å²) in [5.74, 6) is -1.88. The number of hydrogen-bond acceptors (Lipinski definition) is 3. The summed E-state index contributed by atoms with van der Waals surface area (Å²) in [7, 11) is 1.13. The maximum Gasteiger partial charge on any atom is 0.311 e. The molecule has 0 radical (unpaired) electrons. The third kappa shape index (κ3) is 3.18. The maximum absolute atomic E-state index is 13.7. The molecule has 0 aliphatic rings. The van der Waals surface area contributed by atoms with Crippen molar-refractivity contribution in [1.29, 1.82) is 0 Å². The number of methoxy groups -OCH3 is 1. The van der Waals surface area contributed by atoms with E-state index in [4.69, 9.17) is 0 Å². The second-order valence-electron chi connectivity index (χ2n) is 3.15. The molecule has 0 saturated carbocycles. The summed E-state index contributed by atoms with van der Waals surface area (Å²) in [6, 6.07) is 0. The molecule has 0 fully saturated rings. The summed E-state index contributed by atoms with van der Waals surface area (Å²) in [4.78, 5) is 14.6. The summed E-state index contributed by atoms with van der Waals surface area (Å²) >= 11 is 2.97. The van der Waals surface area contributed by atoms with Crippen LogP contribution in [0.2, 0.25) is 0 Å². The SMILES string of the molecule is COC(=O)Cc1ncc(CBr)c(C(F)F)c1F. The van der Waals surface area contributed by atoms with Gasteiger partial charge in [-0.3, -0.25) is 9.78 Å². The summed E-state index contributed by atoms with van der Waals surface area (Å²) in [5.41, 5.74) is -1.00. The first-order chi connectivity index (χ1) is 8.01. The first-order valence-corrected chi connectivity index (χ1v) is 5.70. The number of halogens is 4. The summed E-state index contributed by atoms with van der Waals surface area (Å²) < 4.78 is 43.4. The van der Waals surface area contributed by atoms with Gasteiger partial charge < -0.3 is 4.74 Å². The molecular weight excluding hydrogens is 303 g/mol. The van der Waals surface area contributed by atoms with Crippen LogP contribution in [-0.2, 0) is 21.3 Å². The molecule has 1 aromatic heterocycles. The zero-order chi connectivity index (χ0) is 13.0. The number of carbonyl (C=O) groups is 1. The van der Waals surface area contributed by atoms with Crippen molar-refractivity contribution in [3.05, 3.63) is 28.8 Å². The molecule has 3 nitrogen and oxygen atoms in total. The number of aromatic nitrogens is 1. The molecule has 1 heterocycles. The molecule has 94 valence electrons. The fourth-order valence-electron chi connectivity index (χ4n) is 1.25. The molecule has 1 rings (SSSR count). The smallest absolute Gasteiger partial charge is 0.311 e. The average Bonchev–Trinajstić information content (AvgIpc) is 2.30. The van der Waals surface area contributed by atoms with Gasteiger partial charge in [-0.05, 0) is 5.56 Å². The molecule has 0 aromatic carbocycles. The summed E-state index contributed by atoms with van der Waals surface area (Å²) in [5, 5.41) is 0.0646. The van der Waals surface area contributed by atoms with Gasteiger partial charge in [0, 0.05) is 11.5 Å². The quantitative estimate of drug-likeness (QED) is 0.634. The number of esters is 1. The standard InChI is InChI=1S/C10H9BrF3NO2/c1-17-7(16)2-6-9(12)8(10(13)14)5(3-11)4-15-6/h4,10H,2-3H2,1H3. The molecule has 0 saturated heterocycles. The number of ether oxygens (including phenoxy) is 1. The highest BCUT2D eigenvalue weighted by molar-refractivity contribution is 9.08. The maximum atomic E-state index is 13.7. The minimum atomic E-state index is -2.96. The lowest BCUT2D eigenvalue weighted by molar-refractivity contribution is -0.139. The minimum absolute atomic E-state index is 0.0612. The Morgan fingerprint density at radius 1 is 1.59 bits per heavy atom. The molecule has 17 heavy (non-hydrogen) atoms. The van der Waals surface area contributed by atoms with Gasteiger partial charge >= 0.3 is 5.97 Å². The molecule has 1 aromatic rings. The van der Waals surface area contributed by atoms with Crippen molar-refractivity contribution < 1.29 is 22.7 Å². The van der Waals surface area contributed by atoms with Gasteiger partial charge in [0.15, 0.2) is 5.82 Å². The Morgan fingerprint density at radius 3 is 2.71 bits per heavy atom. The zero-order valence-electron chi connectivity index (χ0n) is 8.84. The van der Waals surface area contributed by atoms with Crippen LogP contribution in [-0.4, -0.2) is 18.1 Å². The monoisotopic (exact) mass is 311 g/mol. The number of carbonyl (C=O) groups excluding carboxylic acids is 1. The molecule has 0 spiro atoms. The number of rotatable bonds is 4. The van der Waals surface area contributed by atoms with E-state index < -0.39 is 30.2 Å². The van der Waals surface area contributed by atoms with E-state index in [1.165, 1.54) is 0 Å². The molecular formula is C10H9BrF3NO2. The fraction of sp³-hybridized carbons (Fsp3) is 0.400. The average molecular weight is 312 g/mol. The molecule has 0 N–H and O–H groups in total. The third-order valence-corrected chi connectivity index (χ3v) is 2.72. The lowest BCUT2D eigenvalue weighted by Crippen LogP contribution is -2.11. The van der Waals surface area contributed by atoms with Crippen LogP contribution in [0, 0.1) is 5.82 Å². The Morgan fingerprint density at radius 2 is 2.24 bits per heavy atom. The zero-order valence-corrected chi connectivity index (χ0v) is 10.4. The highest BCUT2D eigenvalue weighted by Crippen LogP contribution is 2.28. The van der Waals surface area contributed by atoms with Gasteiger partial charge in [-0.15, -0.1) is 0 Å². The summed E-state index contributed by atoms with van der Waals surface area (Å²) in [6.07, 6.45) is -2.30. The second kappa shape index (κ2) is 6.00. The van der Waals surface area contributed by atoms with Gasteiger partial charge in [0.2, 0.25) is 0 Å². The topological polar surface area (TPSA) is 39.2 Å². The first-order valence-electron chi connectivity index (χ1n) is 4.58. The van der Waals surface area contributed by atoms with E-state index in [1.807, 2.05) is 0 Å². The highest BCUT2D eigenvalue weighted by Gasteiger charge is 2.23. The summed E-state index contributed by atoms with van der Waals surface area (Å²) in [6.45, 7) is 0.